The second kappa shape index (κ2) is 5.75. The van der Waals surface area contributed by atoms with Crippen molar-refractivity contribution in [1.82, 2.24) is 0 Å². The van der Waals surface area contributed by atoms with Gasteiger partial charge in [-0.3, -0.25) is 4.79 Å². The first-order chi connectivity index (χ1) is 10.5. The normalized spacial score (nSPS) is 10.9. The van der Waals surface area contributed by atoms with Crippen molar-refractivity contribution in [2.45, 2.75) is 20.8 Å². The summed E-state index contributed by atoms with van der Waals surface area (Å²) in [5.74, 6) is -0.160. The Hall–Kier alpha value is -1.84. The van der Waals surface area contributed by atoms with Gasteiger partial charge < -0.3 is 5.32 Å². The maximum Gasteiger partial charge on any atom is 0.267 e. The van der Waals surface area contributed by atoms with Gasteiger partial charge >= 0.3 is 0 Å². The molecule has 1 amide bonds. The molecule has 0 saturated carbocycles. The molecular formula is C18H16ClNOS. The van der Waals surface area contributed by atoms with Gasteiger partial charge in [0, 0.05) is 15.8 Å². The third kappa shape index (κ3) is 2.74. The van der Waals surface area contributed by atoms with Crippen molar-refractivity contribution in [2.24, 2.45) is 0 Å². The molecule has 0 aliphatic carbocycles. The van der Waals surface area contributed by atoms with E-state index >= 15 is 0 Å². The molecule has 2 aromatic carbocycles. The zero-order chi connectivity index (χ0) is 15.9. The SMILES string of the molecule is Cc1ccc2c(Cl)c(C(=O)Nc3ccc(C)c(C)c3)sc2c1. The highest BCUT2D eigenvalue weighted by Crippen LogP contribution is 2.36. The molecule has 0 saturated heterocycles. The van der Waals surface area contributed by atoms with Gasteiger partial charge in [-0.15, -0.1) is 11.3 Å². The molecule has 4 heteroatoms. The van der Waals surface area contributed by atoms with Crippen LogP contribution in [-0.4, -0.2) is 5.91 Å². The number of hydrogen-bond acceptors (Lipinski definition) is 2. The van der Waals surface area contributed by atoms with Gasteiger partial charge in [0.05, 0.1) is 5.02 Å². The van der Waals surface area contributed by atoms with Gasteiger partial charge in [0.2, 0.25) is 0 Å². The lowest BCUT2D eigenvalue weighted by molar-refractivity contribution is 0.103. The predicted octanol–water partition coefficient (Wildman–Crippen LogP) is 5.73. The molecule has 0 atom stereocenters. The number of thiophene rings is 1. The van der Waals surface area contributed by atoms with Crippen LogP contribution in [0.4, 0.5) is 5.69 Å². The van der Waals surface area contributed by atoms with E-state index in [1.807, 2.05) is 51.1 Å². The Morgan fingerprint density at radius 2 is 1.82 bits per heavy atom. The Bertz CT molecular complexity index is 882. The van der Waals surface area contributed by atoms with Gasteiger partial charge in [-0.1, -0.05) is 29.8 Å². The van der Waals surface area contributed by atoms with Gasteiger partial charge in [0.1, 0.15) is 4.88 Å². The fraction of sp³-hybridized carbons (Fsp3) is 0.167. The zero-order valence-corrected chi connectivity index (χ0v) is 14.2. The lowest BCUT2D eigenvalue weighted by Crippen LogP contribution is -2.10. The number of amides is 1. The summed E-state index contributed by atoms with van der Waals surface area (Å²) >= 11 is 7.81. The van der Waals surface area contributed by atoms with Crippen LogP contribution in [0.15, 0.2) is 36.4 Å². The summed E-state index contributed by atoms with van der Waals surface area (Å²) in [6, 6.07) is 11.9. The van der Waals surface area contributed by atoms with E-state index in [1.54, 1.807) is 0 Å². The van der Waals surface area contributed by atoms with Crippen LogP contribution in [0, 0.1) is 20.8 Å². The molecule has 0 aliphatic rings. The monoisotopic (exact) mass is 329 g/mol. The third-order valence-corrected chi connectivity index (χ3v) is 5.41. The van der Waals surface area contributed by atoms with E-state index in [2.05, 4.69) is 11.4 Å². The molecule has 22 heavy (non-hydrogen) atoms. The van der Waals surface area contributed by atoms with Crippen molar-refractivity contribution < 1.29 is 4.79 Å². The van der Waals surface area contributed by atoms with Crippen molar-refractivity contribution in [1.29, 1.82) is 0 Å². The van der Waals surface area contributed by atoms with Crippen LogP contribution in [0.5, 0.6) is 0 Å². The lowest BCUT2D eigenvalue weighted by Gasteiger charge is -2.06. The van der Waals surface area contributed by atoms with E-state index < -0.39 is 0 Å². The molecule has 1 aromatic heterocycles. The van der Waals surface area contributed by atoms with E-state index in [4.69, 9.17) is 11.6 Å². The first-order valence-corrected chi connectivity index (χ1v) is 8.22. The van der Waals surface area contributed by atoms with Crippen molar-refractivity contribution in [3.05, 3.63) is 63.0 Å². The first kappa shape index (κ1) is 15.1. The maximum absolute atomic E-state index is 12.5. The highest BCUT2D eigenvalue weighted by Gasteiger charge is 2.17. The van der Waals surface area contributed by atoms with E-state index in [0.717, 1.165) is 26.9 Å². The Morgan fingerprint density at radius 1 is 1.05 bits per heavy atom. The zero-order valence-electron chi connectivity index (χ0n) is 12.7. The molecule has 3 rings (SSSR count). The number of benzene rings is 2. The van der Waals surface area contributed by atoms with E-state index in [1.165, 1.54) is 16.9 Å². The quantitative estimate of drug-likeness (QED) is 0.639. The summed E-state index contributed by atoms with van der Waals surface area (Å²) in [6.45, 7) is 6.11. The molecule has 0 bridgehead atoms. The van der Waals surface area contributed by atoms with Crippen LogP contribution in [0.25, 0.3) is 10.1 Å². The second-order valence-corrected chi connectivity index (χ2v) is 6.93. The molecule has 0 spiro atoms. The molecular weight excluding hydrogens is 314 g/mol. The molecule has 112 valence electrons. The van der Waals surface area contributed by atoms with Gasteiger partial charge in [0.15, 0.2) is 0 Å². The van der Waals surface area contributed by atoms with Crippen molar-refractivity contribution >= 4 is 44.6 Å². The number of aryl methyl sites for hydroxylation is 3. The standard InChI is InChI=1S/C18H16ClNOS/c1-10-4-7-14-15(8-10)22-17(16(14)19)18(21)20-13-6-5-11(2)12(3)9-13/h4-9H,1-3H3,(H,20,21). The van der Waals surface area contributed by atoms with Gasteiger partial charge in [-0.2, -0.15) is 0 Å². The predicted molar refractivity (Wildman–Crippen MR) is 95.4 cm³/mol. The Kier molecular flexibility index (Phi) is 3.94. The summed E-state index contributed by atoms with van der Waals surface area (Å²) in [5.41, 5.74) is 4.30. The molecule has 0 radical (unpaired) electrons. The fourth-order valence-corrected chi connectivity index (χ4v) is 3.84. The van der Waals surface area contributed by atoms with Crippen LogP contribution in [0.1, 0.15) is 26.4 Å². The minimum atomic E-state index is -0.160. The van der Waals surface area contributed by atoms with E-state index in [9.17, 15) is 4.79 Å². The van der Waals surface area contributed by atoms with Crippen LogP contribution in [-0.2, 0) is 0 Å². The maximum atomic E-state index is 12.5. The minimum Gasteiger partial charge on any atom is -0.321 e. The molecule has 1 heterocycles. The van der Waals surface area contributed by atoms with Crippen molar-refractivity contribution in [3.63, 3.8) is 0 Å². The molecule has 1 N–H and O–H groups in total. The summed E-state index contributed by atoms with van der Waals surface area (Å²) in [6.07, 6.45) is 0. The van der Waals surface area contributed by atoms with Crippen LogP contribution in [0.3, 0.4) is 0 Å². The second-order valence-electron chi connectivity index (χ2n) is 5.50. The molecule has 0 fully saturated rings. The fourth-order valence-electron chi connectivity index (χ4n) is 2.33. The van der Waals surface area contributed by atoms with Crippen LogP contribution >= 0.6 is 22.9 Å². The number of fused-ring (bicyclic) bond motifs is 1. The number of nitrogens with one attached hydrogen (secondary N) is 1. The Balaban J connectivity index is 1.94. The first-order valence-electron chi connectivity index (χ1n) is 7.03. The largest absolute Gasteiger partial charge is 0.321 e. The molecule has 2 nitrogen and oxygen atoms in total. The van der Waals surface area contributed by atoms with E-state index in [0.29, 0.717) is 9.90 Å². The number of carbonyl (C=O) groups is 1. The van der Waals surface area contributed by atoms with Gasteiger partial charge in [0.25, 0.3) is 5.91 Å². The number of anilines is 1. The highest BCUT2D eigenvalue weighted by molar-refractivity contribution is 7.21. The van der Waals surface area contributed by atoms with Crippen molar-refractivity contribution in [3.8, 4) is 0 Å². The van der Waals surface area contributed by atoms with Crippen LogP contribution in [0.2, 0.25) is 5.02 Å². The van der Waals surface area contributed by atoms with Crippen LogP contribution < -0.4 is 5.32 Å². The Morgan fingerprint density at radius 3 is 2.55 bits per heavy atom. The van der Waals surface area contributed by atoms with E-state index in [-0.39, 0.29) is 5.91 Å². The summed E-state index contributed by atoms with van der Waals surface area (Å²) < 4.78 is 1.04. The third-order valence-electron chi connectivity index (χ3n) is 3.76. The molecule has 0 unspecified atom stereocenters. The average molecular weight is 330 g/mol. The number of halogens is 1. The molecule has 3 aromatic rings. The number of rotatable bonds is 2. The molecule has 0 aliphatic heterocycles. The van der Waals surface area contributed by atoms with Gasteiger partial charge in [-0.05, 0) is 55.7 Å². The van der Waals surface area contributed by atoms with Crippen molar-refractivity contribution in [2.75, 3.05) is 5.32 Å². The van der Waals surface area contributed by atoms with Gasteiger partial charge in [-0.25, -0.2) is 0 Å². The lowest BCUT2D eigenvalue weighted by atomic mass is 10.1. The summed E-state index contributed by atoms with van der Waals surface area (Å²) in [5, 5.41) is 4.39. The Labute approximate surface area is 138 Å². The summed E-state index contributed by atoms with van der Waals surface area (Å²) in [7, 11) is 0. The average Bonchev–Trinajstić information content (AvgIpc) is 2.79. The number of carbonyl (C=O) groups excluding carboxylic acids is 1. The summed E-state index contributed by atoms with van der Waals surface area (Å²) in [4.78, 5) is 13.1. The topological polar surface area (TPSA) is 29.1 Å². The number of hydrogen-bond donors (Lipinski definition) is 1. The minimum absolute atomic E-state index is 0.160. The smallest absolute Gasteiger partial charge is 0.267 e. The highest BCUT2D eigenvalue weighted by atomic mass is 35.5.